The number of aliphatic hydroxyl groups is 1. The van der Waals surface area contributed by atoms with Crippen molar-refractivity contribution < 1.29 is 14.3 Å². The second-order valence-electron chi connectivity index (χ2n) is 8.21. The first-order valence-electron chi connectivity index (χ1n) is 10.6. The summed E-state index contributed by atoms with van der Waals surface area (Å²) in [6.45, 7) is 0. The molecule has 0 radical (unpaired) electrons. The summed E-state index contributed by atoms with van der Waals surface area (Å²) in [7, 11) is 1.70. The normalized spacial score (nSPS) is 24.5. The van der Waals surface area contributed by atoms with Crippen LogP contribution in [-0.4, -0.2) is 55.5 Å². The van der Waals surface area contributed by atoms with Crippen LogP contribution in [0.2, 0.25) is 0 Å². The van der Waals surface area contributed by atoms with E-state index in [1.807, 2.05) is 0 Å². The van der Waals surface area contributed by atoms with Gasteiger partial charge >= 0.3 is 0 Å². The molecule has 0 spiro atoms. The Morgan fingerprint density at radius 3 is 2.75 bits per heavy atom. The maximum absolute atomic E-state index is 13.6. The Morgan fingerprint density at radius 2 is 2.12 bits per heavy atom. The highest BCUT2D eigenvalue weighted by atomic mass is 19.1. The van der Waals surface area contributed by atoms with E-state index in [-0.39, 0.29) is 22.8 Å². The van der Waals surface area contributed by atoms with Gasteiger partial charge in [0, 0.05) is 19.3 Å². The van der Waals surface area contributed by atoms with Gasteiger partial charge in [-0.15, -0.1) is 0 Å². The van der Waals surface area contributed by atoms with Crippen LogP contribution in [0, 0.1) is 0 Å². The number of halogens is 1. The van der Waals surface area contributed by atoms with E-state index in [2.05, 4.69) is 26.0 Å². The monoisotopic (exact) mass is 441 g/mol. The third-order valence-electron chi connectivity index (χ3n) is 6.28. The summed E-state index contributed by atoms with van der Waals surface area (Å²) >= 11 is 0. The molecule has 5 rings (SSSR count). The summed E-state index contributed by atoms with van der Waals surface area (Å²) in [4.78, 5) is 30.1. The number of anilines is 3. The van der Waals surface area contributed by atoms with Crippen molar-refractivity contribution in [1.29, 1.82) is 0 Å². The van der Waals surface area contributed by atoms with Crippen LogP contribution >= 0.6 is 0 Å². The first-order valence-corrected chi connectivity index (χ1v) is 10.6. The minimum atomic E-state index is -1.03. The number of aliphatic hydroxyl groups excluding tert-OH is 1. The van der Waals surface area contributed by atoms with E-state index in [0.717, 1.165) is 6.42 Å². The molecule has 4 N–H and O–H groups in total. The molecule has 0 aromatic carbocycles. The number of hydrogen-bond acceptors (Lipinski definition) is 7. The standard InChI is InChI=1S/C21H24FN7O3/c1-23-18-9-17(25-14-3-2-8-28(21(14)32)15-6-7-16(15)30)27-19-11(10-24-29(18)19)20(31)26-13-5-4-12(13)22/h2-3,8-10,12-13,15-16,23,30H,4-7H2,1H3,(H,25,27)(H,26,31)/t12-,13-,15-,16+/m0/s1. The molecule has 3 aromatic rings. The zero-order valence-corrected chi connectivity index (χ0v) is 17.5. The molecule has 32 heavy (non-hydrogen) atoms. The van der Waals surface area contributed by atoms with Gasteiger partial charge in [-0.3, -0.25) is 9.59 Å². The summed E-state index contributed by atoms with van der Waals surface area (Å²) in [6.07, 6.45) is 3.96. The highest BCUT2D eigenvalue weighted by molar-refractivity contribution is 6.00. The summed E-state index contributed by atoms with van der Waals surface area (Å²) in [5, 5.41) is 22.9. The third-order valence-corrected chi connectivity index (χ3v) is 6.28. The van der Waals surface area contributed by atoms with Crippen LogP contribution in [0.5, 0.6) is 0 Å². The zero-order valence-electron chi connectivity index (χ0n) is 17.5. The molecule has 0 bridgehead atoms. The van der Waals surface area contributed by atoms with Gasteiger partial charge in [-0.2, -0.15) is 9.61 Å². The number of nitrogens with one attached hydrogen (secondary N) is 3. The fourth-order valence-corrected chi connectivity index (χ4v) is 4.03. The maximum atomic E-state index is 13.6. The molecule has 10 nitrogen and oxygen atoms in total. The summed E-state index contributed by atoms with van der Waals surface area (Å²) < 4.78 is 16.6. The first-order chi connectivity index (χ1) is 15.5. The Kier molecular flexibility index (Phi) is 5.04. The van der Waals surface area contributed by atoms with Crippen LogP contribution in [0.1, 0.15) is 42.1 Å². The van der Waals surface area contributed by atoms with Crippen molar-refractivity contribution in [2.24, 2.45) is 0 Å². The molecule has 2 saturated carbocycles. The van der Waals surface area contributed by atoms with Gasteiger partial charge in [0.2, 0.25) is 0 Å². The van der Waals surface area contributed by atoms with Crippen molar-refractivity contribution >= 4 is 28.9 Å². The van der Waals surface area contributed by atoms with E-state index in [0.29, 0.717) is 36.6 Å². The van der Waals surface area contributed by atoms with Crippen LogP contribution in [0.3, 0.4) is 0 Å². The maximum Gasteiger partial charge on any atom is 0.274 e. The van der Waals surface area contributed by atoms with Crippen molar-refractivity contribution in [3.05, 3.63) is 46.5 Å². The second kappa shape index (κ2) is 7.90. The Hall–Kier alpha value is -3.47. The van der Waals surface area contributed by atoms with Gasteiger partial charge in [0.05, 0.1) is 24.4 Å². The zero-order chi connectivity index (χ0) is 22.4. The van der Waals surface area contributed by atoms with Gasteiger partial charge in [-0.25, -0.2) is 9.37 Å². The van der Waals surface area contributed by atoms with E-state index >= 15 is 0 Å². The molecule has 168 valence electrons. The number of nitrogens with zero attached hydrogens (tertiary/aromatic N) is 4. The van der Waals surface area contributed by atoms with Crippen molar-refractivity contribution in [2.45, 2.75) is 50.0 Å². The molecule has 2 aliphatic carbocycles. The molecular weight excluding hydrogens is 417 g/mol. The molecule has 2 fully saturated rings. The van der Waals surface area contributed by atoms with Crippen LogP contribution in [0.4, 0.5) is 21.7 Å². The van der Waals surface area contributed by atoms with Gasteiger partial charge in [0.15, 0.2) is 5.65 Å². The fourth-order valence-electron chi connectivity index (χ4n) is 4.03. The average Bonchev–Trinajstić information content (AvgIpc) is 3.21. The minimum absolute atomic E-state index is 0.215. The number of hydrogen-bond donors (Lipinski definition) is 4. The third kappa shape index (κ3) is 3.38. The average molecular weight is 441 g/mol. The van der Waals surface area contributed by atoms with E-state index in [4.69, 9.17) is 0 Å². The predicted octanol–water partition coefficient (Wildman–Crippen LogP) is 1.60. The number of rotatable bonds is 6. The van der Waals surface area contributed by atoms with Gasteiger partial charge < -0.3 is 25.6 Å². The van der Waals surface area contributed by atoms with E-state index in [9.17, 15) is 19.1 Å². The van der Waals surface area contributed by atoms with E-state index < -0.39 is 24.2 Å². The second-order valence-corrected chi connectivity index (χ2v) is 8.21. The number of carbonyl (C=O) groups is 1. The molecule has 4 atom stereocenters. The Balaban J connectivity index is 1.48. The van der Waals surface area contributed by atoms with Gasteiger partial charge in [0.25, 0.3) is 11.5 Å². The van der Waals surface area contributed by atoms with Crippen LogP contribution in [0.25, 0.3) is 5.65 Å². The van der Waals surface area contributed by atoms with Crippen molar-refractivity contribution in [2.75, 3.05) is 17.7 Å². The lowest BCUT2D eigenvalue weighted by molar-refractivity contribution is 0.0300. The lowest BCUT2D eigenvalue weighted by atomic mass is 9.89. The molecule has 0 unspecified atom stereocenters. The Labute approximate surface area is 182 Å². The van der Waals surface area contributed by atoms with Gasteiger partial charge in [0.1, 0.15) is 29.1 Å². The lowest BCUT2D eigenvalue weighted by Gasteiger charge is -2.34. The molecule has 3 aromatic heterocycles. The van der Waals surface area contributed by atoms with Crippen molar-refractivity contribution in [3.8, 4) is 0 Å². The van der Waals surface area contributed by atoms with Crippen LogP contribution < -0.4 is 21.5 Å². The fraction of sp³-hybridized carbons (Fsp3) is 0.429. The number of carbonyl (C=O) groups excluding carboxylic acids is 1. The van der Waals surface area contributed by atoms with Crippen LogP contribution in [-0.2, 0) is 0 Å². The Bertz CT molecular complexity index is 1240. The predicted molar refractivity (Wildman–Crippen MR) is 116 cm³/mol. The number of amides is 1. The van der Waals surface area contributed by atoms with Crippen LogP contribution in [0.15, 0.2) is 35.4 Å². The lowest BCUT2D eigenvalue weighted by Crippen LogP contribution is -2.48. The highest BCUT2D eigenvalue weighted by Crippen LogP contribution is 2.31. The van der Waals surface area contributed by atoms with Gasteiger partial charge in [-0.05, 0) is 37.8 Å². The van der Waals surface area contributed by atoms with E-state index in [1.165, 1.54) is 15.3 Å². The highest BCUT2D eigenvalue weighted by Gasteiger charge is 2.33. The first kappa shape index (κ1) is 20.4. The number of aromatic nitrogens is 4. The molecule has 1 amide bonds. The molecule has 3 heterocycles. The molecular formula is C21H24FN7O3. The molecule has 2 aliphatic rings. The van der Waals surface area contributed by atoms with Gasteiger partial charge in [-0.1, -0.05) is 0 Å². The minimum Gasteiger partial charge on any atom is -0.391 e. The SMILES string of the molecule is CNc1cc(Nc2cccn([C@H]3CC[C@H]3O)c2=O)nc2c(C(=O)N[C@H]3CC[C@@H]3F)cnn12. The van der Waals surface area contributed by atoms with Crippen molar-refractivity contribution in [3.63, 3.8) is 0 Å². The molecule has 11 heteroatoms. The number of alkyl halides is 1. The smallest absolute Gasteiger partial charge is 0.274 e. The molecule has 0 aliphatic heterocycles. The summed E-state index contributed by atoms with van der Waals surface area (Å²) in [5.74, 6) is 0.446. The van der Waals surface area contributed by atoms with E-state index in [1.54, 1.807) is 31.4 Å². The largest absolute Gasteiger partial charge is 0.391 e. The van der Waals surface area contributed by atoms with Crippen molar-refractivity contribution in [1.82, 2.24) is 24.5 Å². The summed E-state index contributed by atoms with van der Waals surface area (Å²) in [5.41, 5.74) is 0.518. The number of fused-ring (bicyclic) bond motifs is 1. The quantitative estimate of drug-likeness (QED) is 0.458. The Morgan fingerprint density at radius 1 is 1.28 bits per heavy atom. The molecule has 0 saturated heterocycles. The topological polar surface area (TPSA) is 126 Å². The number of pyridine rings is 1. The summed E-state index contributed by atoms with van der Waals surface area (Å²) in [6, 6.07) is 4.31.